The van der Waals surface area contributed by atoms with Gasteiger partial charge in [0, 0.05) is 30.1 Å². The van der Waals surface area contributed by atoms with E-state index in [-0.39, 0.29) is 11.9 Å². The van der Waals surface area contributed by atoms with E-state index < -0.39 is 0 Å². The van der Waals surface area contributed by atoms with Gasteiger partial charge in [-0.1, -0.05) is 5.16 Å². The number of hydrogen-bond donors (Lipinski definition) is 1. The smallest absolute Gasteiger partial charge is 0.263 e. The van der Waals surface area contributed by atoms with Crippen molar-refractivity contribution in [1.82, 2.24) is 20.4 Å². The number of thiophene rings is 1. The van der Waals surface area contributed by atoms with Crippen LogP contribution < -0.4 is 10.2 Å². The van der Waals surface area contributed by atoms with Gasteiger partial charge in [-0.05, 0) is 31.2 Å². The van der Waals surface area contributed by atoms with Gasteiger partial charge in [-0.2, -0.15) is 16.3 Å². The third kappa shape index (κ3) is 2.73. The maximum atomic E-state index is 12.2. The lowest BCUT2D eigenvalue weighted by Gasteiger charge is -2.33. The van der Waals surface area contributed by atoms with E-state index in [1.165, 1.54) is 17.7 Å². The maximum absolute atomic E-state index is 12.2. The predicted octanol–water partition coefficient (Wildman–Crippen LogP) is 2.39. The van der Waals surface area contributed by atoms with Crippen LogP contribution in [0.4, 0.5) is 5.82 Å². The van der Waals surface area contributed by atoms with Gasteiger partial charge in [0.1, 0.15) is 17.5 Å². The molecule has 0 aliphatic carbocycles. The lowest BCUT2D eigenvalue weighted by molar-refractivity contribution is 0.0931. The van der Waals surface area contributed by atoms with Crippen LogP contribution in [0.25, 0.3) is 11.1 Å². The van der Waals surface area contributed by atoms with Crippen molar-refractivity contribution in [2.75, 3.05) is 18.0 Å². The molecule has 3 aromatic heterocycles. The molecule has 0 aromatic carbocycles. The molecule has 0 unspecified atom stereocenters. The Kier molecular flexibility index (Phi) is 3.89. The fourth-order valence-electron chi connectivity index (χ4n) is 3.04. The van der Waals surface area contributed by atoms with Crippen molar-refractivity contribution in [3.63, 3.8) is 0 Å². The first-order valence-corrected chi connectivity index (χ1v) is 8.81. The Morgan fingerprint density at radius 2 is 2.21 bits per heavy atom. The largest absolute Gasteiger partial charge is 0.356 e. The summed E-state index contributed by atoms with van der Waals surface area (Å²) in [7, 11) is 0. The molecule has 3 aromatic rings. The highest BCUT2D eigenvalue weighted by molar-refractivity contribution is 7.08. The van der Waals surface area contributed by atoms with E-state index >= 15 is 0 Å². The Labute approximate surface area is 142 Å². The summed E-state index contributed by atoms with van der Waals surface area (Å²) in [6.45, 7) is 3.54. The molecule has 1 N–H and O–H groups in total. The molecule has 4 rings (SSSR count). The van der Waals surface area contributed by atoms with Gasteiger partial charge >= 0.3 is 0 Å². The van der Waals surface area contributed by atoms with Crippen molar-refractivity contribution in [2.24, 2.45) is 0 Å². The normalized spacial score (nSPS) is 15.8. The SMILES string of the molecule is Cc1noc2ncnc(N3CCC(NC(=O)c4ccsc4)CC3)c12. The molecule has 1 saturated heterocycles. The molecule has 0 bridgehead atoms. The second-order valence-electron chi connectivity index (χ2n) is 5.89. The minimum absolute atomic E-state index is 0.00834. The van der Waals surface area contributed by atoms with Crippen LogP contribution in [0.2, 0.25) is 0 Å². The molecular formula is C16H17N5O2S. The first kappa shape index (κ1) is 15.1. The van der Waals surface area contributed by atoms with Crippen molar-refractivity contribution in [3.8, 4) is 0 Å². The molecule has 0 radical (unpaired) electrons. The maximum Gasteiger partial charge on any atom is 0.263 e. The number of carbonyl (C=O) groups is 1. The van der Waals surface area contributed by atoms with Crippen molar-refractivity contribution in [3.05, 3.63) is 34.4 Å². The van der Waals surface area contributed by atoms with Crippen molar-refractivity contribution >= 4 is 34.2 Å². The Balaban J connectivity index is 1.44. The molecule has 1 fully saturated rings. The van der Waals surface area contributed by atoms with E-state index in [4.69, 9.17) is 4.52 Å². The Hall–Kier alpha value is -2.48. The number of nitrogens with zero attached hydrogens (tertiary/aromatic N) is 4. The van der Waals surface area contributed by atoms with Crippen molar-refractivity contribution in [2.45, 2.75) is 25.8 Å². The van der Waals surface area contributed by atoms with Gasteiger partial charge in [-0.3, -0.25) is 4.79 Å². The fraction of sp³-hybridized carbons (Fsp3) is 0.375. The monoisotopic (exact) mass is 343 g/mol. The van der Waals surface area contributed by atoms with Crippen LogP contribution in [0.15, 0.2) is 27.7 Å². The van der Waals surface area contributed by atoms with Crippen molar-refractivity contribution in [1.29, 1.82) is 0 Å². The summed E-state index contributed by atoms with van der Waals surface area (Å²) in [4.78, 5) is 22.9. The van der Waals surface area contributed by atoms with E-state index in [0.717, 1.165) is 48.4 Å². The standard InChI is InChI=1S/C16H17N5O2S/c1-10-13-14(17-9-18-16(13)23-20-10)21-5-2-12(3-6-21)19-15(22)11-4-7-24-8-11/h4,7-9,12H,2-3,5-6H2,1H3,(H,19,22). The molecule has 8 heteroatoms. The van der Waals surface area contributed by atoms with Gasteiger partial charge in [0.25, 0.3) is 11.6 Å². The molecule has 124 valence electrons. The number of nitrogens with one attached hydrogen (secondary N) is 1. The van der Waals surface area contributed by atoms with E-state index in [1.54, 1.807) is 0 Å². The minimum atomic E-state index is 0.00834. The molecule has 1 aliphatic heterocycles. The Morgan fingerprint density at radius 1 is 1.38 bits per heavy atom. The summed E-state index contributed by atoms with van der Waals surface area (Å²) in [6.07, 6.45) is 3.27. The number of fused-ring (bicyclic) bond motifs is 1. The molecule has 24 heavy (non-hydrogen) atoms. The van der Waals surface area contributed by atoms with Crippen LogP contribution >= 0.6 is 11.3 Å². The lowest BCUT2D eigenvalue weighted by atomic mass is 10.0. The zero-order valence-electron chi connectivity index (χ0n) is 13.2. The number of aromatic nitrogens is 3. The zero-order chi connectivity index (χ0) is 16.5. The Bertz CT molecular complexity index is 853. The molecular weight excluding hydrogens is 326 g/mol. The van der Waals surface area contributed by atoms with E-state index in [1.807, 2.05) is 23.8 Å². The van der Waals surface area contributed by atoms with Gasteiger partial charge in [-0.25, -0.2) is 4.98 Å². The molecule has 1 amide bonds. The second kappa shape index (κ2) is 6.20. The summed E-state index contributed by atoms with van der Waals surface area (Å²) in [5, 5.41) is 11.7. The molecule has 1 aliphatic rings. The highest BCUT2D eigenvalue weighted by Crippen LogP contribution is 2.28. The highest BCUT2D eigenvalue weighted by atomic mass is 32.1. The number of hydrogen-bond acceptors (Lipinski definition) is 7. The number of carbonyl (C=O) groups excluding carboxylic acids is 1. The summed E-state index contributed by atoms with van der Waals surface area (Å²) in [5.41, 5.74) is 2.05. The lowest BCUT2D eigenvalue weighted by Crippen LogP contribution is -2.45. The third-order valence-corrected chi connectivity index (χ3v) is 5.02. The first-order chi connectivity index (χ1) is 11.7. The van der Waals surface area contributed by atoms with E-state index in [9.17, 15) is 4.79 Å². The number of amides is 1. The summed E-state index contributed by atoms with van der Waals surface area (Å²) in [5.74, 6) is 0.871. The number of rotatable bonds is 3. The zero-order valence-corrected chi connectivity index (χ0v) is 14.0. The first-order valence-electron chi connectivity index (χ1n) is 7.87. The van der Waals surface area contributed by atoms with Crippen LogP contribution in [-0.4, -0.2) is 40.2 Å². The van der Waals surface area contributed by atoms with E-state index in [2.05, 4.69) is 25.3 Å². The third-order valence-electron chi connectivity index (χ3n) is 4.34. The van der Waals surface area contributed by atoms with Gasteiger partial charge in [-0.15, -0.1) is 0 Å². The summed E-state index contributed by atoms with van der Waals surface area (Å²) in [6, 6.07) is 2.04. The van der Waals surface area contributed by atoms with Gasteiger partial charge in [0.2, 0.25) is 0 Å². The summed E-state index contributed by atoms with van der Waals surface area (Å²) >= 11 is 1.53. The fourth-order valence-corrected chi connectivity index (χ4v) is 3.68. The topological polar surface area (TPSA) is 84.2 Å². The van der Waals surface area contributed by atoms with Crippen molar-refractivity contribution < 1.29 is 9.32 Å². The van der Waals surface area contributed by atoms with Crippen LogP contribution in [0.5, 0.6) is 0 Å². The second-order valence-corrected chi connectivity index (χ2v) is 6.67. The molecule has 0 atom stereocenters. The average molecular weight is 343 g/mol. The predicted molar refractivity (Wildman–Crippen MR) is 91.4 cm³/mol. The number of piperidine rings is 1. The molecule has 0 spiro atoms. The molecule has 7 nitrogen and oxygen atoms in total. The van der Waals surface area contributed by atoms with Gasteiger partial charge in [0.05, 0.1) is 5.69 Å². The highest BCUT2D eigenvalue weighted by Gasteiger charge is 2.24. The van der Waals surface area contributed by atoms with Crippen LogP contribution in [-0.2, 0) is 0 Å². The molecule has 4 heterocycles. The van der Waals surface area contributed by atoms with Crippen LogP contribution in [0.1, 0.15) is 28.9 Å². The number of aryl methyl sites for hydroxylation is 1. The Morgan fingerprint density at radius 3 is 2.96 bits per heavy atom. The van der Waals surface area contributed by atoms with Crippen LogP contribution in [0.3, 0.4) is 0 Å². The summed E-state index contributed by atoms with van der Waals surface area (Å²) < 4.78 is 5.21. The quantitative estimate of drug-likeness (QED) is 0.786. The number of anilines is 1. The minimum Gasteiger partial charge on any atom is -0.356 e. The van der Waals surface area contributed by atoms with Gasteiger partial charge < -0.3 is 14.7 Å². The van der Waals surface area contributed by atoms with Crippen LogP contribution in [0, 0.1) is 6.92 Å². The van der Waals surface area contributed by atoms with Gasteiger partial charge in [0.15, 0.2) is 0 Å². The van der Waals surface area contributed by atoms with E-state index in [0.29, 0.717) is 5.71 Å². The average Bonchev–Trinajstić information content (AvgIpc) is 3.26. The molecule has 0 saturated carbocycles.